The Balaban J connectivity index is 1.91. The summed E-state index contributed by atoms with van der Waals surface area (Å²) in [6.45, 7) is 0. The molecule has 0 aliphatic heterocycles. The largest absolute Gasteiger partial charge is 0.436 e. The molecule has 2 aromatic heterocycles. The molecule has 0 saturated heterocycles. The highest BCUT2D eigenvalue weighted by Gasteiger charge is 2.14. The first kappa shape index (κ1) is 13.4. The summed E-state index contributed by atoms with van der Waals surface area (Å²) < 4.78 is 5.62. The number of fused-ring (bicyclic) bond motifs is 1. The number of benzene rings is 2. The molecule has 4 nitrogen and oxygen atoms in total. The van der Waals surface area contributed by atoms with Crippen LogP contribution in [0.3, 0.4) is 0 Å². The predicted molar refractivity (Wildman–Crippen MR) is 93.7 cm³/mol. The second-order valence-corrected chi connectivity index (χ2v) is 5.36. The summed E-state index contributed by atoms with van der Waals surface area (Å²) in [4.78, 5) is 4.46. The van der Waals surface area contributed by atoms with E-state index in [9.17, 15) is 0 Å². The number of pyridine rings is 1. The van der Waals surface area contributed by atoms with Gasteiger partial charge in [0.2, 0.25) is 5.88 Å². The van der Waals surface area contributed by atoms with E-state index in [2.05, 4.69) is 29.2 Å². The van der Waals surface area contributed by atoms with Crippen LogP contribution in [-0.2, 0) is 0 Å². The van der Waals surface area contributed by atoms with Gasteiger partial charge in [-0.3, -0.25) is 4.98 Å². The molecule has 0 amide bonds. The molecule has 2 heterocycles. The summed E-state index contributed by atoms with van der Waals surface area (Å²) in [5.41, 5.74) is 16.8. The zero-order chi connectivity index (χ0) is 15.8. The van der Waals surface area contributed by atoms with E-state index in [4.69, 9.17) is 15.9 Å². The van der Waals surface area contributed by atoms with E-state index >= 15 is 0 Å². The van der Waals surface area contributed by atoms with Gasteiger partial charge in [-0.15, -0.1) is 0 Å². The first-order valence-corrected chi connectivity index (χ1v) is 7.32. The van der Waals surface area contributed by atoms with E-state index in [1.54, 1.807) is 6.20 Å². The Bertz CT molecular complexity index is 990. The molecular formula is C19H15N3O. The van der Waals surface area contributed by atoms with E-state index in [-0.39, 0.29) is 5.88 Å². The standard InChI is InChI=1S/C19H15N3O/c20-16-15-9-10-22-17(18(15)23-19(16)21)14-8-4-7-13(11-14)12-5-2-1-3-6-12/h1-11H,20-21H2. The number of hydrogen-bond acceptors (Lipinski definition) is 4. The van der Waals surface area contributed by atoms with Gasteiger partial charge in [0, 0.05) is 17.1 Å². The third kappa shape index (κ3) is 2.21. The Morgan fingerprint density at radius 2 is 1.52 bits per heavy atom. The third-order valence-electron chi connectivity index (χ3n) is 3.92. The molecule has 0 spiro atoms. The van der Waals surface area contributed by atoms with Gasteiger partial charge in [0.05, 0.1) is 0 Å². The Kier molecular flexibility index (Phi) is 3.01. The second kappa shape index (κ2) is 5.18. The lowest BCUT2D eigenvalue weighted by Crippen LogP contribution is -1.89. The van der Waals surface area contributed by atoms with Crippen LogP contribution in [0.25, 0.3) is 33.4 Å². The van der Waals surface area contributed by atoms with Crippen LogP contribution in [0.5, 0.6) is 0 Å². The number of nitrogens with two attached hydrogens (primary N) is 2. The minimum Gasteiger partial charge on any atom is -0.436 e. The fraction of sp³-hybridized carbons (Fsp3) is 0. The van der Waals surface area contributed by atoms with E-state index in [1.165, 1.54) is 0 Å². The quantitative estimate of drug-likeness (QED) is 0.577. The van der Waals surface area contributed by atoms with Crippen LogP contribution >= 0.6 is 0 Å². The molecule has 4 N–H and O–H groups in total. The number of aromatic nitrogens is 1. The number of anilines is 2. The van der Waals surface area contributed by atoms with Crippen molar-refractivity contribution in [2.45, 2.75) is 0 Å². The van der Waals surface area contributed by atoms with Crippen LogP contribution in [0, 0.1) is 0 Å². The lowest BCUT2D eigenvalue weighted by Gasteiger charge is -2.06. The normalized spacial score (nSPS) is 11.0. The third-order valence-corrected chi connectivity index (χ3v) is 3.92. The van der Waals surface area contributed by atoms with Gasteiger partial charge < -0.3 is 15.9 Å². The average molecular weight is 301 g/mol. The SMILES string of the molecule is Nc1oc2c(-c3cccc(-c4ccccc4)c3)nccc2c1N. The molecule has 112 valence electrons. The van der Waals surface area contributed by atoms with Crippen LogP contribution in [-0.4, -0.2) is 4.98 Å². The van der Waals surface area contributed by atoms with Gasteiger partial charge in [0.15, 0.2) is 5.58 Å². The first-order chi connectivity index (χ1) is 11.2. The maximum atomic E-state index is 5.96. The first-order valence-electron chi connectivity index (χ1n) is 7.32. The minimum absolute atomic E-state index is 0.230. The molecule has 4 aromatic rings. The summed E-state index contributed by atoms with van der Waals surface area (Å²) in [7, 11) is 0. The van der Waals surface area contributed by atoms with E-state index < -0.39 is 0 Å². The fourth-order valence-corrected chi connectivity index (χ4v) is 2.74. The molecule has 4 heteroatoms. The Morgan fingerprint density at radius 1 is 0.783 bits per heavy atom. The highest BCUT2D eigenvalue weighted by molar-refractivity contribution is 6.01. The molecule has 0 fully saturated rings. The number of hydrogen-bond donors (Lipinski definition) is 2. The van der Waals surface area contributed by atoms with Gasteiger partial charge in [0.1, 0.15) is 11.4 Å². The topological polar surface area (TPSA) is 78.1 Å². The molecule has 0 radical (unpaired) electrons. The Hall–Kier alpha value is -3.27. The summed E-state index contributed by atoms with van der Waals surface area (Å²) in [5.74, 6) is 0.230. The predicted octanol–water partition coefficient (Wildman–Crippen LogP) is 4.33. The van der Waals surface area contributed by atoms with Crippen LogP contribution in [0.2, 0.25) is 0 Å². The molecular weight excluding hydrogens is 286 g/mol. The monoisotopic (exact) mass is 301 g/mol. The zero-order valence-corrected chi connectivity index (χ0v) is 12.4. The van der Waals surface area contributed by atoms with E-state index in [0.29, 0.717) is 11.3 Å². The van der Waals surface area contributed by atoms with E-state index in [1.807, 2.05) is 36.4 Å². The molecule has 0 atom stereocenters. The van der Waals surface area contributed by atoms with Gasteiger partial charge in [-0.2, -0.15) is 0 Å². The highest BCUT2D eigenvalue weighted by atomic mass is 16.3. The minimum atomic E-state index is 0.230. The van der Waals surface area contributed by atoms with Crippen molar-refractivity contribution in [3.63, 3.8) is 0 Å². The molecule has 0 bridgehead atoms. The van der Waals surface area contributed by atoms with Crippen LogP contribution in [0.1, 0.15) is 0 Å². The average Bonchev–Trinajstić information content (AvgIpc) is 2.90. The van der Waals surface area contributed by atoms with E-state index in [0.717, 1.165) is 27.8 Å². The van der Waals surface area contributed by atoms with Gasteiger partial charge in [-0.25, -0.2) is 0 Å². The molecule has 0 aliphatic carbocycles. The summed E-state index contributed by atoms with van der Waals surface area (Å²) in [6, 6.07) is 20.2. The molecule has 2 aromatic carbocycles. The smallest absolute Gasteiger partial charge is 0.214 e. The summed E-state index contributed by atoms with van der Waals surface area (Å²) in [6.07, 6.45) is 1.72. The molecule has 4 rings (SSSR count). The lowest BCUT2D eigenvalue weighted by atomic mass is 10.0. The summed E-state index contributed by atoms with van der Waals surface area (Å²) >= 11 is 0. The van der Waals surface area contributed by atoms with Crippen molar-refractivity contribution in [2.24, 2.45) is 0 Å². The Morgan fingerprint density at radius 3 is 2.35 bits per heavy atom. The molecule has 23 heavy (non-hydrogen) atoms. The lowest BCUT2D eigenvalue weighted by molar-refractivity contribution is 0.638. The molecule has 0 unspecified atom stereocenters. The van der Waals surface area contributed by atoms with Crippen molar-refractivity contribution < 1.29 is 4.42 Å². The summed E-state index contributed by atoms with van der Waals surface area (Å²) in [5, 5.41) is 0.789. The van der Waals surface area contributed by atoms with Gasteiger partial charge in [-0.1, -0.05) is 48.5 Å². The van der Waals surface area contributed by atoms with Gasteiger partial charge in [0.25, 0.3) is 0 Å². The molecule has 0 saturated carbocycles. The van der Waals surface area contributed by atoms with Crippen LogP contribution in [0.4, 0.5) is 11.6 Å². The van der Waals surface area contributed by atoms with Crippen LogP contribution < -0.4 is 11.5 Å². The van der Waals surface area contributed by atoms with Crippen LogP contribution in [0.15, 0.2) is 71.3 Å². The number of nitrogens with zero attached hydrogens (tertiary/aromatic N) is 1. The molecule has 0 aliphatic rings. The second-order valence-electron chi connectivity index (χ2n) is 5.36. The van der Waals surface area contributed by atoms with Crippen molar-refractivity contribution in [1.29, 1.82) is 0 Å². The van der Waals surface area contributed by atoms with Gasteiger partial charge >= 0.3 is 0 Å². The fourth-order valence-electron chi connectivity index (χ4n) is 2.74. The van der Waals surface area contributed by atoms with Crippen molar-refractivity contribution in [3.8, 4) is 22.4 Å². The van der Waals surface area contributed by atoms with Crippen molar-refractivity contribution in [2.75, 3.05) is 11.5 Å². The number of rotatable bonds is 2. The zero-order valence-electron chi connectivity index (χ0n) is 12.4. The van der Waals surface area contributed by atoms with Crippen molar-refractivity contribution >= 4 is 22.5 Å². The van der Waals surface area contributed by atoms with Gasteiger partial charge in [-0.05, 0) is 23.3 Å². The van der Waals surface area contributed by atoms with Crippen molar-refractivity contribution in [1.82, 2.24) is 4.98 Å². The van der Waals surface area contributed by atoms with Crippen molar-refractivity contribution in [3.05, 3.63) is 66.9 Å². The maximum absolute atomic E-state index is 5.96. The number of furan rings is 1. The highest BCUT2D eigenvalue weighted by Crippen LogP contribution is 2.36. The maximum Gasteiger partial charge on any atom is 0.214 e. The Labute approximate surface area is 133 Å². The number of nitrogen functional groups attached to an aromatic ring is 2.